The minimum Gasteiger partial charge on any atom is -0.449 e. The Balaban J connectivity index is 1.71. The molecule has 0 radical (unpaired) electrons. The second-order valence-corrected chi connectivity index (χ2v) is 7.54. The van der Waals surface area contributed by atoms with Crippen LogP contribution in [0.1, 0.15) is 36.5 Å². The Morgan fingerprint density at radius 3 is 2.41 bits per heavy atom. The van der Waals surface area contributed by atoms with E-state index in [9.17, 15) is 4.79 Å². The monoisotopic (exact) mass is 384 g/mol. The highest BCUT2D eigenvalue weighted by molar-refractivity contribution is 6.10. The van der Waals surface area contributed by atoms with Gasteiger partial charge in [-0.1, -0.05) is 68.4 Å². The number of hydrogen-bond donors (Lipinski definition) is 1. The standard InChI is InChI=1S/C25H24N2O2/c1-17(2)20-10-8-18(9-11-20)14-24-25(28)27(16-19-6-4-3-5-7-19)22-15-21(26)12-13-23(22)29-24/h3-15,17H,16,26H2,1-2H3/b24-14+. The number of fused-ring (bicyclic) bond motifs is 1. The summed E-state index contributed by atoms with van der Waals surface area (Å²) in [5.41, 5.74) is 10.5. The van der Waals surface area contributed by atoms with Crippen LogP contribution < -0.4 is 15.4 Å². The smallest absolute Gasteiger partial charge is 0.294 e. The Morgan fingerprint density at radius 2 is 1.72 bits per heavy atom. The maximum absolute atomic E-state index is 13.3. The van der Waals surface area contributed by atoms with E-state index in [1.54, 1.807) is 23.1 Å². The first-order valence-electron chi connectivity index (χ1n) is 9.76. The van der Waals surface area contributed by atoms with Crippen molar-refractivity contribution in [3.05, 3.63) is 95.2 Å². The molecule has 3 aromatic carbocycles. The van der Waals surface area contributed by atoms with Crippen LogP contribution in [0.3, 0.4) is 0 Å². The van der Waals surface area contributed by atoms with Gasteiger partial charge in [-0.3, -0.25) is 9.69 Å². The van der Waals surface area contributed by atoms with Crippen molar-refractivity contribution in [2.75, 3.05) is 10.6 Å². The zero-order valence-corrected chi connectivity index (χ0v) is 16.6. The van der Waals surface area contributed by atoms with E-state index in [2.05, 4.69) is 26.0 Å². The lowest BCUT2D eigenvalue weighted by molar-refractivity contribution is -0.117. The van der Waals surface area contributed by atoms with Gasteiger partial charge in [0.05, 0.1) is 12.2 Å². The molecular formula is C25H24N2O2. The summed E-state index contributed by atoms with van der Waals surface area (Å²) in [6, 6.07) is 23.5. The fourth-order valence-electron chi connectivity index (χ4n) is 3.38. The Kier molecular flexibility index (Phi) is 5.09. The molecule has 0 saturated heterocycles. The second kappa shape index (κ2) is 7.84. The number of hydrogen-bond acceptors (Lipinski definition) is 3. The van der Waals surface area contributed by atoms with E-state index in [-0.39, 0.29) is 5.91 Å². The van der Waals surface area contributed by atoms with Crippen molar-refractivity contribution in [1.29, 1.82) is 0 Å². The van der Waals surface area contributed by atoms with Gasteiger partial charge in [0.1, 0.15) is 0 Å². The largest absolute Gasteiger partial charge is 0.449 e. The number of benzene rings is 3. The number of carbonyl (C=O) groups is 1. The van der Waals surface area contributed by atoms with Gasteiger partial charge in [-0.15, -0.1) is 0 Å². The number of amides is 1. The molecule has 1 aliphatic rings. The third-order valence-electron chi connectivity index (χ3n) is 5.03. The fraction of sp³-hybridized carbons (Fsp3) is 0.160. The summed E-state index contributed by atoms with van der Waals surface area (Å²) in [5, 5.41) is 0. The van der Waals surface area contributed by atoms with Crippen molar-refractivity contribution in [3.8, 4) is 5.75 Å². The lowest BCUT2D eigenvalue weighted by Gasteiger charge is -2.31. The Morgan fingerprint density at radius 1 is 1.00 bits per heavy atom. The SMILES string of the molecule is CC(C)c1ccc(/C=C2/Oc3ccc(N)cc3N(Cc3ccccc3)C2=O)cc1. The van der Waals surface area contributed by atoms with Crippen LogP contribution in [0.4, 0.5) is 11.4 Å². The summed E-state index contributed by atoms with van der Waals surface area (Å²) in [7, 11) is 0. The lowest BCUT2D eigenvalue weighted by atomic mass is 10.0. The number of nitrogens with zero attached hydrogens (tertiary/aromatic N) is 1. The van der Waals surface area contributed by atoms with Crippen LogP contribution in [-0.4, -0.2) is 5.91 Å². The second-order valence-electron chi connectivity index (χ2n) is 7.54. The minimum atomic E-state index is -0.181. The van der Waals surface area contributed by atoms with Crippen molar-refractivity contribution in [2.45, 2.75) is 26.3 Å². The van der Waals surface area contributed by atoms with Crippen molar-refractivity contribution < 1.29 is 9.53 Å². The number of carbonyl (C=O) groups excluding carboxylic acids is 1. The summed E-state index contributed by atoms with van der Waals surface area (Å²) in [6.07, 6.45) is 1.80. The molecule has 1 heterocycles. The number of rotatable bonds is 4. The van der Waals surface area contributed by atoms with Crippen molar-refractivity contribution in [2.24, 2.45) is 0 Å². The first-order valence-corrected chi connectivity index (χ1v) is 9.76. The summed E-state index contributed by atoms with van der Waals surface area (Å²) < 4.78 is 5.96. The van der Waals surface area contributed by atoms with E-state index in [1.807, 2.05) is 48.5 Å². The number of nitrogen functional groups attached to an aromatic ring is 1. The van der Waals surface area contributed by atoms with Gasteiger partial charge in [-0.25, -0.2) is 0 Å². The van der Waals surface area contributed by atoms with Gasteiger partial charge in [0, 0.05) is 5.69 Å². The summed E-state index contributed by atoms with van der Waals surface area (Å²) >= 11 is 0. The van der Waals surface area contributed by atoms with Crippen LogP contribution in [0.25, 0.3) is 6.08 Å². The lowest BCUT2D eigenvalue weighted by Crippen LogP contribution is -2.36. The van der Waals surface area contributed by atoms with Crippen LogP contribution in [0.15, 0.2) is 78.6 Å². The average Bonchev–Trinajstić information content (AvgIpc) is 2.72. The third-order valence-corrected chi connectivity index (χ3v) is 5.03. The number of ether oxygens (including phenoxy) is 1. The molecule has 0 unspecified atom stereocenters. The molecule has 1 amide bonds. The molecule has 29 heavy (non-hydrogen) atoms. The van der Waals surface area contributed by atoms with E-state index in [0.717, 1.165) is 11.1 Å². The molecule has 0 saturated carbocycles. The number of nitrogens with two attached hydrogens (primary N) is 1. The van der Waals surface area contributed by atoms with Gasteiger partial charge in [0.2, 0.25) is 0 Å². The predicted molar refractivity (Wildman–Crippen MR) is 118 cm³/mol. The van der Waals surface area contributed by atoms with E-state index >= 15 is 0 Å². The molecule has 0 bridgehead atoms. The molecule has 0 aromatic heterocycles. The minimum absolute atomic E-state index is 0.181. The highest BCUT2D eigenvalue weighted by atomic mass is 16.5. The summed E-state index contributed by atoms with van der Waals surface area (Å²) in [5.74, 6) is 1.21. The molecule has 0 atom stereocenters. The van der Waals surface area contributed by atoms with Crippen LogP contribution in [0.2, 0.25) is 0 Å². The van der Waals surface area contributed by atoms with Gasteiger partial charge >= 0.3 is 0 Å². The van der Waals surface area contributed by atoms with E-state index in [0.29, 0.717) is 35.3 Å². The number of anilines is 2. The average molecular weight is 384 g/mol. The molecule has 0 aliphatic carbocycles. The van der Waals surface area contributed by atoms with Crippen LogP contribution in [0.5, 0.6) is 5.75 Å². The molecule has 1 aliphatic heterocycles. The summed E-state index contributed by atoms with van der Waals surface area (Å²) in [4.78, 5) is 15.0. The van der Waals surface area contributed by atoms with Crippen LogP contribution in [-0.2, 0) is 11.3 Å². The maximum atomic E-state index is 13.3. The van der Waals surface area contributed by atoms with E-state index < -0.39 is 0 Å². The molecule has 4 rings (SSSR count). The van der Waals surface area contributed by atoms with Gasteiger partial charge in [-0.05, 0) is 46.9 Å². The highest BCUT2D eigenvalue weighted by Crippen LogP contribution is 2.38. The maximum Gasteiger partial charge on any atom is 0.294 e. The van der Waals surface area contributed by atoms with E-state index in [4.69, 9.17) is 10.5 Å². The molecule has 0 spiro atoms. The molecule has 3 aromatic rings. The normalized spacial score (nSPS) is 14.8. The Bertz CT molecular complexity index is 1050. The van der Waals surface area contributed by atoms with Gasteiger partial charge in [0.25, 0.3) is 5.91 Å². The zero-order chi connectivity index (χ0) is 20.4. The van der Waals surface area contributed by atoms with Crippen molar-refractivity contribution in [3.63, 3.8) is 0 Å². The van der Waals surface area contributed by atoms with Crippen molar-refractivity contribution >= 4 is 23.4 Å². The fourth-order valence-corrected chi connectivity index (χ4v) is 3.38. The van der Waals surface area contributed by atoms with Crippen LogP contribution >= 0.6 is 0 Å². The zero-order valence-electron chi connectivity index (χ0n) is 16.6. The third kappa shape index (κ3) is 4.02. The molecule has 146 valence electrons. The van der Waals surface area contributed by atoms with E-state index in [1.165, 1.54) is 5.56 Å². The Labute approximate surface area is 171 Å². The highest BCUT2D eigenvalue weighted by Gasteiger charge is 2.30. The quantitative estimate of drug-likeness (QED) is 0.487. The molecular weight excluding hydrogens is 360 g/mol. The topological polar surface area (TPSA) is 55.6 Å². The first kappa shape index (κ1) is 18.8. The van der Waals surface area contributed by atoms with Crippen molar-refractivity contribution in [1.82, 2.24) is 0 Å². The first-order chi connectivity index (χ1) is 14.0. The van der Waals surface area contributed by atoms with Crippen LogP contribution in [0, 0.1) is 0 Å². The molecule has 4 nitrogen and oxygen atoms in total. The summed E-state index contributed by atoms with van der Waals surface area (Å²) in [6.45, 7) is 4.76. The van der Waals surface area contributed by atoms with Gasteiger partial charge in [0.15, 0.2) is 11.5 Å². The van der Waals surface area contributed by atoms with Gasteiger partial charge in [-0.2, -0.15) is 0 Å². The Hall–Kier alpha value is -3.53. The molecule has 0 fully saturated rings. The molecule has 2 N–H and O–H groups in total. The molecule has 4 heteroatoms. The predicted octanol–water partition coefficient (Wildman–Crippen LogP) is 5.36. The van der Waals surface area contributed by atoms with Gasteiger partial charge < -0.3 is 10.5 Å².